The van der Waals surface area contributed by atoms with Crippen LogP contribution in [0.3, 0.4) is 0 Å². The van der Waals surface area contributed by atoms with E-state index >= 15 is 0 Å². The van der Waals surface area contributed by atoms with Gasteiger partial charge in [-0.05, 0) is 44.1 Å². The molecule has 1 aliphatic carbocycles. The molecule has 0 saturated heterocycles. The Balaban J connectivity index is 1.87. The van der Waals surface area contributed by atoms with E-state index in [9.17, 15) is 0 Å². The zero-order valence-corrected chi connectivity index (χ0v) is 12.3. The molecule has 1 aromatic rings. The molecule has 1 unspecified atom stereocenters. The molecule has 2 heteroatoms. The van der Waals surface area contributed by atoms with Gasteiger partial charge >= 0.3 is 0 Å². The standard InChI is InChI=1S/C17H25NO/c1-12-4-5-15-13(10-12)14(18)11-17(19-15)8-6-16(2,3)7-9-17/h4-5,10,14H,6-9,11,18H2,1-3H3. The minimum Gasteiger partial charge on any atom is -0.487 e. The van der Waals surface area contributed by atoms with Gasteiger partial charge in [0.25, 0.3) is 0 Å². The molecule has 1 atom stereocenters. The molecule has 1 fully saturated rings. The Morgan fingerprint density at radius 2 is 1.84 bits per heavy atom. The lowest BCUT2D eigenvalue weighted by atomic mass is 9.68. The van der Waals surface area contributed by atoms with Crippen LogP contribution < -0.4 is 10.5 Å². The summed E-state index contributed by atoms with van der Waals surface area (Å²) in [5.41, 5.74) is 9.32. The maximum Gasteiger partial charge on any atom is 0.124 e. The van der Waals surface area contributed by atoms with E-state index in [0.29, 0.717) is 5.41 Å². The Kier molecular flexibility index (Phi) is 2.90. The fourth-order valence-electron chi connectivity index (χ4n) is 3.52. The maximum absolute atomic E-state index is 6.41. The molecule has 1 heterocycles. The van der Waals surface area contributed by atoms with Gasteiger partial charge in [0.15, 0.2) is 0 Å². The molecule has 2 N–H and O–H groups in total. The van der Waals surface area contributed by atoms with Crippen LogP contribution in [-0.2, 0) is 0 Å². The Hall–Kier alpha value is -1.02. The van der Waals surface area contributed by atoms with E-state index in [1.807, 2.05) is 0 Å². The second kappa shape index (κ2) is 4.24. The zero-order chi connectivity index (χ0) is 13.7. The Morgan fingerprint density at radius 1 is 1.16 bits per heavy atom. The van der Waals surface area contributed by atoms with Crippen LogP contribution in [0.5, 0.6) is 5.75 Å². The third kappa shape index (κ3) is 2.38. The van der Waals surface area contributed by atoms with Gasteiger partial charge in [-0.3, -0.25) is 0 Å². The lowest BCUT2D eigenvalue weighted by molar-refractivity contribution is -0.0259. The third-order valence-electron chi connectivity index (χ3n) is 5.00. The van der Waals surface area contributed by atoms with Crippen LogP contribution in [0.4, 0.5) is 0 Å². The first-order valence-electron chi connectivity index (χ1n) is 7.44. The summed E-state index contributed by atoms with van der Waals surface area (Å²) in [6.45, 7) is 6.83. The summed E-state index contributed by atoms with van der Waals surface area (Å²) in [5, 5.41) is 0. The molecule has 104 valence electrons. The summed E-state index contributed by atoms with van der Waals surface area (Å²) in [6, 6.07) is 6.53. The van der Waals surface area contributed by atoms with E-state index in [1.165, 1.54) is 24.0 Å². The molecule has 0 radical (unpaired) electrons. The van der Waals surface area contributed by atoms with Gasteiger partial charge in [-0.1, -0.05) is 31.5 Å². The predicted octanol–water partition coefficient (Wildman–Crippen LogP) is 4.12. The van der Waals surface area contributed by atoms with Gasteiger partial charge in [0.2, 0.25) is 0 Å². The summed E-state index contributed by atoms with van der Waals surface area (Å²) in [5.74, 6) is 1.02. The lowest BCUT2D eigenvalue weighted by Crippen LogP contribution is -2.47. The van der Waals surface area contributed by atoms with Crippen molar-refractivity contribution in [2.75, 3.05) is 0 Å². The van der Waals surface area contributed by atoms with Crippen LogP contribution in [0.15, 0.2) is 18.2 Å². The van der Waals surface area contributed by atoms with Crippen LogP contribution in [0, 0.1) is 12.3 Å². The predicted molar refractivity (Wildman–Crippen MR) is 78.3 cm³/mol. The molecule has 1 spiro atoms. The number of fused-ring (bicyclic) bond motifs is 1. The molecule has 1 saturated carbocycles. The molecule has 0 amide bonds. The van der Waals surface area contributed by atoms with Crippen molar-refractivity contribution in [3.63, 3.8) is 0 Å². The highest BCUT2D eigenvalue weighted by Crippen LogP contribution is 2.49. The highest BCUT2D eigenvalue weighted by atomic mass is 16.5. The smallest absolute Gasteiger partial charge is 0.124 e. The molecule has 2 nitrogen and oxygen atoms in total. The Labute approximate surface area is 116 Å². The third-order valence-corrected chi connectivity index (χ3v) is 5.00. The van der Waals surface area contributed by atoms with Crippen LogP contribution in [0.25, 0.3) is 0 Å². The molecule has 1 aromatic carbocycles. The number of benzene rings is 1. The average Bonchev–Trinajstić information content (AvgIpc) is 2.35. The van der Waals surface area contributed by atoms with Crippen molar-refractivity contribution in [3.8, 4) is 5.75 Å². The minimum atomic E-state index is -0.00278. The summed E-state index contributed by atoms with van der Waals surface area (Å²) >= 11 is 0. The minimum absolute atomic E-state index is 0.00278. The summed E-state index contributed by atoms with van der Waals surface area (Å²) in [6.07, 6.45) is 5.73. The largest absolute Gasteiger partial charge is 0.487 e. The molecule has 0 bridgehead atoms. The summed E-state index contributed by atoms with van der Waals surface area (Å²) < 4.78 is 6.40. The van der Waals surface area contributed by atoms with Crippen molar-refractivity contribution in [3.05, 3.63) is 29.3 Å². The summed E-state index contributed by atoms with van der Waals surface area (Å²) in [4.78, 5) is 0. The number of rotatable bonds is 0. The number of hydrogen-bond acceptors (Lipinski definition) is 2. The fourth-order valence-corrected chi connectivity index (χ4v) is 3.52. The van der Waals surface area contributed by atoms with Crippen molar-refractivity contribution < 1.29 is 4.74 Å². The summed E-state index contributed by atoms with van der Waals surface area (Å²) in [7, 11) is 0. The average molecular weight is 259 g/mol. The molecule has 3 rings (SSSR count). The van der Waals surface area contributed by atoms with Gasteiger partial charge in [0.05, 0.1) is 0 Å². The highest BCUT2D eigenvalue weighted by molar-refractivity contribution is 5.41. The first kappa shape index (κ1) is 13.0. The van der Waals surface area contributed by atoms with Crippen LogP contribution >= 0.6 is 0 Å². The number of ether oxygens (including phenoxy) is 1. The zero-order valence-electron chi connectivity index (χ0n) is 12.3. The van der Waals surface area contributed by atoms with E-state index in [-0.39, 0.29) is 11.6 Å². The first-order chi connectivity index (χ1) is 8.89. The molecule has 2 aliphatic rings. The van der Waals surface area contributed by atoms with Gasteiger partial charge in [-0.25, -0.2) is 0 Å². The Morgan fingerprint density at radius 3 is 2.53 bits per heavy atom. The van der Waals surface area contributed by atoms with E-state index in [0.717, 1.165) is 25.0 Å². The SMILES string of the molecule is Cc1ccc2c(c1)C(N)CC1(CCC(C)(C)CC1)O2. The molecular weight excluding hydrogens is 234 g/mol. The van der Waals surface area contributed by atoms with Crippen molar-refractivity contribution >= 4 is 0 Å². The highest BCUT2D eigenvalue weighted by Gasteiger charge is 2.44. The number of nitrogens with two attached hydrogens (primary N) is 1. The van der Waals surface area contributed by atoms with Gasteiger partial charge < -0.3 is 10.5 Å². The molecular formula is C17H25NO. The molecule has 19 heavy (non-hydrogen) atoms. The van der Waals surface area contributed by atoms with Crippen molar-refractivity contribution in [2.45, 2.75) is 64.5 Å². The van der Waals surface area contributed by atoms with E-state index in [4.69, 9.17) is 10.5 Å². The lowest BCUT2D eigenvalue weighted by Gasteiger charge is -2.47. The van der Waals surface area contributed by atoms with Gasteiger partial charge in [-0.15, -0.1) is 0 Å². The maximum atomic E-state index is 6.41. The van der Waals surface area contributed by atoms with Crippen LogP contribution in [0.2, 0.25) is 0 Å². The van der Waals surface area contributed by atoms with Crippen molar-refractivity contribution in [1.82, 2.24) is 0 Å². The van der Waals surface area contributed by atoms with Crippen molar-refractivity contribution in [1.29, 1.82) is 0 Å². The second-order valence-corrected chi connectivity index (χ2v) is 7.30. The monoisotopic (exact) mass is 259 g/mol. The first-order valence-corrected chi connectivity index (χ1v) is 7.44. The number of aryl methyl sites for hydroxylation is 1. The van der Waals surface area contributed by atoms with Crippen molar-refractivity contribution in [2.24, 2.45) is 11.1 Å². The molecule has 0 aromatic heterocycles. The van der Waals surface area contributed by atoms with Gasteiger partial charge in [0.1, 0.15) is 11.4 Å². The van der Waals surface area contributed by atoms with Gasteiger partial charge in [-0.2, -0.15) is 0 Å². The number of hydrogen-bond donors (Lipinski definition) is 1. The van der Waals surface area contributed by atoms with E-state index in [2.05, 4.69) is 39.0 Å². The fraction of sp³-hybridized carbons (Fsp3) is 0.647. The van der Waals surface area contributed by atoms with Gasteiger partial charge in [0, 0.05) is 18.0 Å². The topological polar surface area (TPSA) is 35.2 Å². The van der Waals surface area contributed by atoms with E-state index < -0.39 is 0 Å². The quantitative estimate of drug-likeness (QED) is 0.760. The van der Waals surface area contributed by atoms with Crippen LogP contribution in [0.1, 0.15) is 63.1 Å². The van der Waals surface area contributed by atoms with E-state index in [1.54, 1.807) is 0 Å². The Bertz CT molecular complexity index is 482. The van der Waals surface area contributed by atoms with Crippen LogP contribution in [-0.4, -0.2) is 5.60 Å². The normalized spacial score (nSPS) is 27.7. The second-order valence-electron chi connectivity index (χ2n) is 7.30. The molecule has 1 aliphatic heterocycles.